The Morgan fingerprint density at radius 2 is 1.89 bits per heavy atom. The molecule has 0 bridgehead atoms. The van der Waals surface area contributed by atoms with Crippen molar-refractivity contribution < 1.29 is 13.9 Å². The summed E-state index contributed by atoms with van der Waals surface area (Å²) in [6.45, 7) is 2.58. The molecule has 1 aliphatic heterocycles. The maximum Gasteiger partial charge on any atom is 0.326 e. The van der Waals surface area contributed by atoms with Gasteiger partial charge in [0.1, 0.15) is 24.0 Å². The van der Waals surface area contributed by atoms with E-state index >= 15 is 0 Å². The molecule has 2 aliphatic rings. The standard InChI is InChI=1S/C30H29FN4O2/c31-24-9-12-27-23(16-24)8-13-29(27)37-26-10-6-22(7-11-26)28-19-35(20-33-28)30(36)32-17-21-14-15-34(18-21)25-4-2-1-3-5-25/h1-7,9-12,16,19-21,29H,8,13-15,17-18H2,(H,32,36). The van der Waals surface area contributed by atoms with Crippen LogP contribution < -0.4 is 15.0 Å². The van der Waals surface area contributed by atoms with Gasteiger partial charge in [0, 0.05) is 37.1 Å². The van der Waals surface area contributed by atoms with E-state index < -0.39 is 0 Å². The van der Waals surface area contributed by atoms with E-state index in [4.69, 9.17) is 4.74 Å². The van der Waals surface area contributed by atoms with Gasteiger partial charge >= 0.3 is 6.03 Å². The number of fused-ring (bicyclic) bond motifs is 1. The number of nitrogens with zero attached hydrogens (tertiary/aromatic N) is 3. The summed E-state index contributed by atoms with van der Waals surface area (Å²) in [5.41, 5.74) is 4.93. The third kappa shape index (κ3) is 5.07. The Morgan fingerprint density at radius 1 is 1.05 bits per heavy atom. The predicted molar refractivity (Wildman–Crippen MR) is 141 cm³/mol. The molecule has 1 N–H and O–H groups in total. The van der Waals surface area contributed by atoms with Gasteiger partial charge in [-0.2, -0.15) is 0 Å². The topological polar surface area (TPSA) is 59.4 Å². The summed E-state index contributed by atoms with van der Waals surface area (Å²) in [4.78, 5) is 19.5. The zero-order chi connectivity index (χ0) is 25.2. The highest BCUT2D eigenvalue weighted by Crippen LogP contribution is 2.35. The zero-order valence-electron chi connectivity index (χ0n) is 20.5. The van der Waals surface area contributed by atoms with Crippen LogP contribution in [0.25, 0.3) is 11.3 Å². The Balaban J connectivity index is 1.03. The lowest BCUT2D eigenvalue weighted by molar-refractivity contribution is 0.207. The van der Waals surface area contributed by atoms with Crippen molar-refractivity contribution in [3.63, 3.8) is 0 Å². The maximum absolute atomic E-state index is 13.5. The Labute approximate surface area is 215 Å². The van der Waals surface area contributed by atoms with Gasteiger partial charge in [-0.15, -0.1) is 0 Å². The molecule has 1 amide bonds. The van der Waals surface area contributed by atoms with Crippen LogP contribution in [0.1, 0.15) is 30.1 Å². The molecule has 37 heavy (non-hydrogen) atoms. The number of hydrogen-bond donors (Lipinski definition) is 1. The lowest BCUT2D eigenvalue weighted by Crippen LogP contribution is -2.33. The van der Waals surface area contributed by atoms with Gasteiger partial charge in [-0.25, -0.2) is 14.2 Å². The molecule has 1 aromatic heterocycles. The van der Waals surface area contributed by atoms with E-state index in [0.717, 1.165) is 60.5 Å². The number of imidazole rings is 1. The normalized spacial score (nSPS) is 18.6. The first-order valence-electron chi connectivity index (χ1n) is 12.8. The van der Waals surface area contributed by atoms with Gasteiger partial charge < -0.3 is 15.0 Å². The number of hydrogen-bond acceptors (Lipinski definition) is 4. The van der Waals surface area contributed by atoms with Crippen molar-refractivity contribution in [1.82, 2.24) is 14.9 Å². The van der Waals surface area contributed by atoms with Crippen molar-refractivity contribution in [2.75, 3.05) is 24.5 Å². The first-order valence-corrected chi connectivity index (χ1v) is 12.8. The number of halogens is 1. The molecule has 1 fully saturated rings. The fourth-order valence-corrected chi connectivity index (χ4v) is 5.32. The lowest BCUT2D eigenvalue weighted by Gasteiger charge is -2.18. The molecule has 0 radical (unpaired) electrons. The molecule has 1 saturated heterocycles. The van der Waals surface area contributed by atoms with Crippen molar-refractivity contribution in [3.8, 4) is 17.0 Å². The van der Waals surface area contributed by atoms with Crippen LogP contribution in [0.4, 0.5) is 14.9 Å². The van der Waals surface area contributed by atoms with Crippen molar-refractivity contribution in [2.45, 2.75) is 25.4 Å². The fraction of sp³-hybridized carbons (Fsp3) is 0.267. The van der Waals surface area contributed by atoms with E-state index in [9.17, 15) is 9.18 Å². The number of aryl methyl sites for hydroxylation is 1. The number of nitrogens with one attached hydrogen (secondary N) is 1. The summed E-state index contributed by atoms with van der Waals surface area (Å²) in [5, 5.41) is 3.05. The zero-order valence-corrected chi connectivity index (χ0v) is 20.5. The molecule has 2 atom stereocenters. The Bertz CT molecular complexity index is 1390. The molecule has 1 aliphatic carbocycles. The van der Waals surface area contributed by atoms with E-state index in [1.807, 2.05) is 36.4 Å². The van der Waals surface area contributed by atoms with Crippen molar-refractivity contribution in [2.24, 2.45) is 5.92 Å². The summed E-state index contributed by atoms with van der Waals surface area (Å²) in [6.07, 6.45) is 5.95. The molecular weight excluding hydrogens is 467 g/mol. The highest BCUT2D eigenvalue weighted by Gasteiger charge is 2.25. The first kappa shape index (κ1) is 23.3. The van der Waals surface area contributed by atoms with E-state index in [1.54, 1.807) is 18.6 Å². The molecule has 188 valence electrons. The Hall–Kier alpha value is -4.13. The van der Waals surface area contributed by atoms with Crippen LogP contribution in [-0.4, -0.2) is 35.2 Å². The van der Waals surface area contributed by atoms with Crippen LogP contribution in [0.15, 0.2) is 85.3 Å². The van der Waals surface area contributed by atoms with Crippen LogP contribution in [0.3, 0.4) is 0 Å². The van der Waals surface area contributed by atoms with E-state index in [0.29, 0.717) is 12.5 Å². The number of carbonyl (C=O) groups excluding carboxylic acids is 1. The van der Waals surface area contributed by atoms with Gasteiger partial charge in [0.15, 0.2) is 0 Å². The largest absolute Gasteiger partial charge is 0.486 e. The molecule has 0 saturated carbocycles. The summed E-state index contributed by atoms with van der Waals surface area (Å²) < 4.78 is 21.2. The highest BCUT2D eigenvalue weighted by molar-refractivity contribution is 5.78. The molecule has 6 nitrogen and oxygen atoms in total. The van der Waals surface area contributed by atoms with E-state index in [1.165, 1.54) is 16.3 Å². The van der Waals surface area contributed by atoms with E-state index in [2.05, 4.69) is 39.5 Å². The molecular formula is C30H29FN4O2. The second-order valence-electron chi connectivity index (χ2n) is 9.80. The van der Waals surface area contributed by atoms with Crippen LogP contribution in [0.5, 0.6) is 5.75 Å². The second kappa shape index (κ2) is 10.1. The fourth-order valence-electron chi connectivity index (χ4n) is 5.32. The molecule has 7 heteroatoms. The minimum atomic E-state index is -0.204. The summed E-state index contributed by atoms with van der Waals surface area (Å²) in [7, 11) is 0. The van der Waals surface area contributed by atoms with Crippen LogP contribution in [0.2, 0.25) is 0 Å². The second-order valence-corrected chi connectivity index (χ2v) is 9.80. The van der Waals surface area contributed by atoms with Gasteiger partial charge in [-0.05, 0) is 84.8 Å². The van der Waals surface area contributed by atoms with Crippen LogP contribution in [-0.2, 0) is 6.42 Å². The quantitative estimate of drug-likeness (QED) is 0.364. The number of aromatic nitrogens is 2. The number of amides is 1. The molecule has 6 rings (SSSR count). The minimum Gasteiger partial charge on any atom is -0.486 e. The molecule has 2 heterocycles. The van der Waals surface area contributed by atoms with Crippen molar-refractivity contribution >= 4 is 11.7 Å². The summed E-state index contributed by atoms with van der Waals surface area (Å²) >= 11 is 0. The smallest absolute Gasteiger partial charge is 0.326 e. The minimum absolute atomic E-state index is 0.0657. The molecule has 2 unspecified atom stereocenters. The lowest BCUT2D eigenvalue weighted by atomic mass is 10.1. The van der Waals surface area contributed by atoms with Gasteiger partial charge in [0.25, 0.3) is 0 Å². The summed E-state index contributed by atoms with van der Waals surface area (Å²) in [6, 6.07) is 22.8. The van der Waals surface area contributed by atoms with Crippen LogP contribution >= 0.6 is 0 Å². The Morgan fingerprint density at radius 3 is 2.73 bits per heavy atom. The number of benzene rings is 3. The first-order chi connectivity index (χ1) is 18.1. The number of para-hydroxylation sites is 1. The average molecular weight is 497 g/mol. The van der Waals surface area contributed by atoms with Gasteiger partial charge in [0.2, 0.25) is 0 Å². The highest BCUT2D eigenvalue weighted by atomic mass is 19.1. The third-order valence-corrected chi connectivity index (χ3v) is 7.32. The van der Waals surface area contributed by atoms with E-state index in [-0.39, 0.29) is 18.0 Å². The van der Waals surface area contributed by atoms with Gasteiger partial charge in [0.05, 0.1) is 5.69 Å². The number of anilines is 1. The number of ether oxygens (including phenoxy) is 1. The molecule has 3 aromatic carbocycles. The van der Waals surface area contributed by atoms with Crippen molar-refractivity contribution in [1.29, 1.82) is 0 Å². The summed E-state index contributed by atoms with van der Waals surface area (Å²) in [5.74, 6) is 0.972. The third-order valence-electron chi connectivity index (χ3n) is 7.32. The van der Waals surface area contributed by atoms with Crippen LogP contribution in [0, 0.1) is 11.7 Å². The average Bonchev–Trinajstić information content (AvgIpc) is 3.69. The molecule has 0 spiro atoms. The molecule has 4 aromatic rings. The van der Waals surface area contributed by atoms with Gasteiger partial charge in [-0.1, -0.05) is 24.3 Å². The van der Waals surface area contributed by atoms with Crippen molar-refractivity contribution in [3.05, 3.63) is 102 Å². The monoisotopic (exact) mass is 496 g/mol. The predicted octanol–water partition coefficient (Wildman–Crippen LogP) is 5.84. The Kier molecular flexibility index (Phi) is 6.35. The number of rotatable bonds is 6. The van der Waals surface area contributed by atoms with Gasteiger partial charge in [-0.3, -0.25) is 4.57 Å². The number of carbonyl (C=O) groups is 1. The maximum atomic E-state index is 13.5. The SMILES string of the molecule is O=C(NCC1CCN(c2ccccc2)C1)n1cnc(-c2ccc(OC3CCc4cc(F)ccc43)cc2)c1.